The van der Waals surface area contributed by atoms with Gasteiger partial charge >= 0.3 is 0 Å². The number of nitrogens with one attached hydrogen (secondary N) is 1. The van der Waals surface area contributed by atoms with E-state index in [2.05, 4.69) is 5.32 Å². The predicted molar refractivity (Wildman–Crippen MR) is 101 cm³/mol. The zero-order chi connectivity index (χ0) is 18.1. The maximum absolute atomic E-state index is 13.1. The van der Waals surface area contributed by atoms with Crippen molar-refractivity contribution in [1.29, 1.82) is 0 Å². The molecule has 5 heteroatoms. The molecule has 2 amide bonds. The van der Waals surface area contributed by atoms with E-state index in [-0.39, 0.29) is 17.7 Å². The van der Waals surface area contributed by atoms with E-state index in [1.165, 1.54) is 12.8 Å². The number of nitrogens with zero attached hydrogens (tertiary/aromatic N) is 2. The molecule has 1 N–H and O–H groups in total. The summed E-state index contributed by atoms with van der Waals surface area (Å²) in [6.07, 6.45) is 6.41. The number of amides is 2. The van der Waals surface area contributed by atoms with Gasteiger partial charge in [0, 0.05) is 43.8 Å². The van der Waals surface area contributed by atoms with Gasteiger partial charge in [-0.05, 0) is 50.7 Å². The normalized spacial score (nSPS) is 30.9. The van der Waals surface area contributed by atoms with Crippen LogP contribution >= 0.6 is 0 Å². The molecule has 3 unspecified atom stereocenters. The summed E-state index contributed by atoms with van der Waals surface area (Å²) < 4.78 is 0. The van der Waals surface area contributed by atoms with Crippen LogP contribution in [0.25, 0.3) is 0 Å². The van der Waals surface area contributed by atoms with Crippen molar-refractivity contribution in [3.8, 4) is 0 Å². The Morgan fingerprint density at radius 3 is 2.46 bits per heavy atom. The maximum atomic E-state index is 13.1. The first kappa shape index (κ1) is 17.5. The number of carbonyl (C=O) groups is 2. The minimum Gasteiger partial charge on any atom is -0.342 e. The van der Waals surface area contributed by atoms with Gasteiger partial charge in [-0.3, -0.25) is 9.59 Å². The van der Waals surface area contributed by atoms with Gasteiger partial charge in [-0.1, -0.05) is 18.2 Å². The number of likely N-dealkylation sites (tertiary alicyclic amines) is 1. The van der Waals surface area contributed by atoms with Crippen molar-refractivity contribution in [3.63, 3.8) is 0 Å². The van der Waals surface area contributed by atoms with Crippen LogP contribution in [0.3, 0.4) is 0 Å². The molecule has 0 saturated carbocycles. The lowest BCUT2D eigenvalue weighted by atomic mass is 9.93. The van der Waals surface area contributed by atoms with Crippen molar-refractivity contribution >= 4 is 11.8 Å². The molecule has 0 aromatic heterocycles. The zero-order valence-electron chi connectivity index (χ0n) is 15.6. The Morgan fingerprint density at radius 1 is 1.08 bits per heavy atom. The van der Waals surface area contributed by atoms with Crippen molar-refractivity contribution < 1.29 is 9.59 Å². The fourth-order valence-electron chi connectivity index (χ4n) is 4.94. The lowest BCUT2D eigenvalue weighted by Gasteiger charge is -2.39. The number of hydrogen-bond donors (Lipinski definition) is 1. The molecule has 3 aliphatic heterocycles. The third kappa shape index (κ3) is 3.50. The van der Waals surface area contributed by atoms with Crippen LogP contribution in [0.15, 0.2) is 30.3 Å². The molecular weight excluding hydrogens is 326 g/mol. The van der Waals surface area contributed by atoms with Gasteiger partial charge in [0.25, 0.3) is 5.91 Å². The number of piperidine rings is 2. The molecule has 5 nitrogen and oxygen atoms in total. The fourth-order valence-corrected chi connectivity index (χ4v) is 4.94. The standard InChI is InChI=1S/C21H29N3O2/c1-23(19-12-17-9-10-18(13-19)22-17)20(25)16-8-5-11-24(14-16)21(26)15-6-3-2-4-7-15/h2-4,6-7,16-19,22H,5,8-14H2,1H3. The molecule has 4 rings (SSSR count). The maximum Gasteiger partial charge on any atom is 0.253 e. The Hall–Kier alpha value is -1.88. The average Bonchev–Trinajstić information content (AvgIpc) is 3.04. The number of carbonyl (C=O) groups excluding carboxylic acids is 2. The van der Waals surface area contributed by atoms with Crippen LogP contribution in [-0.4, -0.2) is 59.9 Å². The van der Waals surface area contributed by atoms with Crippen molar-refractivity contribution in [1.82, 2.24) is 15.1 Å². The third-order valence-corrected chi connectivity index (χ3v) is 6.42. The first-order chi connectivity index (χ1) is 12.6. The van der Waals surface area contributed by atoms with Gasteiger partial charge in [0.2, 0.25) is 5.91 Å². The molecule has 0 aliphatic carbocycles. The van der Waals surface area contributed by atoms with E-state index >= 15 is 0 Å². The van der Waals surface area contributed by atoms with Crippen molar-refractivity contribution in [3.05, 3.63) is 35.9 Å². The van der Waals surface area contributed by atoms with E-state index in [4.69, 9.17) is 0 Å². The number of rotatable bonds is 3. The van der Waals surface area contributed by atoms with Gasteiger partial charge in [0.05, 0.1) is 5.92 Å². The van der Waals surface area contributed by atoms with Gasteiger partial charge in [0.1, 0.15) is 0 Å². The lowest BCUT2D eigenvalue weighted by Crippen LogP contribution is -2.52. The van der Waals surface area contributed by atoms with E-state index in [0.717, 1.165) is 32.2 Å². The van der Waals surface area contributed by atoms with Crippen LogP contribution in [0.1, 0.15) is 48.9 Å². The number of benzene rings is 1. The summed E-state index contributed by atoms with van der Waals surface area (Å²) in [5.41, 5.74) is 0.712. The molecule has 3 saturated heterocycles. The van der Waals surface area contributed by atoms with E-state index in [1.807, 2.05) is 47.2 Å². The van der Waals surface area contributed by atoms with Crippen LogP contribution in [0.5, 0.6) is 0 Å². The van der Waals surface area contributed by atoms with E-state index in [9.17, 15) is 9.59 Å². The Balaban J connectivity index is 1.39. The number of fused-ring (bicyclic) bond motifs is 2. The second-order valence-corrected chi connectivity index (χ2v) is 8.17. The van der Waals surface area contributed by atoms with Gasteiger partial charge in [-0.2, -0.15) is 0 Å². The van der Waals surface area contributed by atoms with Crippen molar-refractivity contribution in [2.75, 3.05) is 20.1 Å². The van der Waals surface area contributed by atoms with Gasteiger partial charge in [0.15, 0.2) is 0 Å². The largest absolute Gasteiger partial charge is 0.342 e. The highest BCUT2D eigenvalue weighted by molar-refractivity contribution is 5.94. The quantitative estimate of drug-likeness (QED) is 0.905. The molecule has 3 atom stereocenters. The summed E-state index contributed by atoms with van der Waals surface area (Å²) in [4.78, 5) is 29.7. The van der Waals surface area contributed by atoms with Crippen LogP contribution in [0, 0.1) is 5.92 Å². The molecule has 26 heavy (non-hydrogen) atoms. The smallest absolute Gasteiger partial charge is 0.253 e. The van der Waals surface area contributed by atoms with Gasteiger partial charge in [-0.15, -0.1) is 0 Å². The van der Waals surface area contributed by atoms with E-state index in [1.54, 1.807) is 0 Å². The van der Waals surface area contributed by atoms with Crippen LogP contribution in [0.4, 0.5) is 0 Å². The predicted octanol–water partition coefficient (Wildman–Crippen LogP) is 2.28. The highest BCUT2D eigenvalue weighted by atomic mass is 16.2. The molecule has 2 bridgehead atoms. The van der Waals surface area contributed by atoms with Crippen LogP contribution in [-0.2, 0) is 4.79 Å². The summed E-state index contributed by atoms with van der Waals surface area (Å²) >= 11 is 0. The SMILES string of the molecule is CN(C(=O)C1CCCN(C(=O)c2ccccc2)C1)C1CC2CCC(C1)N2. The summed E-state index contributed by atoms with van der Waals surface area (Å²) in [6, 6.07) is 10.9. The highest BCUT2D eigenvalue weighted by Gasteiger charge is 2.38. The molecule has 3 heterocycles. The first-order valence-corrected chi connectivity index (χ1v) is 9.99. The molecule has 0 radical (unpaired) electrons. The minimum atomic E-state index is -0.0612. The molecule has 3 aliphatic rings. The Kier molecular flexibility index (Phi) is 4.98. The summed E-state index contributed by atoms with van der Waals surface area (Å²) in [6.45, 7) is 1.30. The summed E-state index contributed by atoms with van der Waals surface area (Å²) in [5.74, 6) is 0.210. The molecular formula is C21H29N3O2. The first-order valence-electron chi connectivity index (χ1n) is 9.99. The van der Waals surface area contributed by atoms with Gasteiger partial charge in [-0.25, -0.2) is 0 Å². The lowest BCUT2D eigenvalue weighted by molar-refractivity contribution is -0.138. The monoisotopic (exact) mass is 355 g/mol. The highest BCUT2D eigenvalue weighted by Crippen LogP contribution is 2.30. The summed E-state index contributed by atoms with van der Waals surface area (Å²) in [7, 11) is 1.97. The Bertz CT molecular complexity index is 650. The molecule has 140 valence electrons. The van der Waals surface area contributed by atoms with Gasteiger partial charge < -0.3 is 15.1 Å². The van der Waals surface area contributed by atoms with Crippen LogP contribution < -0.4 is 5.32 Å². The van der Waals surface area contributed by atoms with Crippen molar-refractivity contribution in [2.45, 2.75) is 56.7 Å². The van der Waals surface area contributed by atoms with E-state index in [0.29, 0.717) is 30.2 Å². The molecule has 1 aromatic carbocycles. The molecule has 1 aromatic rings. The summed E-state index contributed by atoms with van der Waals surface area (Å²) in [5, 5.41) is 3.64. The molecule has 3 fully saturated rings. The Morgan fingerprint density at radius 2 is 1.77 bits per heavy atom. The topological polar surface area (TPSA) is 52.7 Å². The Labute approximate surface area is 155 Å². The molecule has 0 spiro atoms. The van der Waals surface area contributed by atoms with Crippen molar-refractivity contribution in [2.24, 2.45) is 5.92 Å². The van der Waals surface area contributed by atoms with E-state index < -0.39 is 0 Å². The second kappa shape index (κ2) is 7.39. The third-order valence-electron chi connectivity index (χ3n) is 6.42. The second-order valence-electron chi connectivity index (χ2n) is 8.17. The average molecular weight is 355 g/mol. The van der Waals surface area contributed by atoms with Crippen LogP contribution in [0.2, 0.25) is 0 Å². The zero-order valence-corrected chi connectivity index (χ0v) is 15.6. The fraction of sp³-hybridized carbons (Fsp3) is 0.619. The minimum absolute atomic E-state index is 0.0469. The number of hydrogen-bond acceptors (Lipinski definition) is 3.